The van der Waals surface area contributed by atoms with Crippen molar-refractivity contribution in [1.29, 1.82) is 0 Å². The molecule has 1 fully saturated rings. The molecule has 0 radical (unpaired) electrons. The zero-order chi connectivity index (χ0) is 13.8. The summed E-state index contributed by atoms with van der Waals surface area (Å²) in [5.41, 5.74) is 5.58. The molecule has 0 aliphatic carbocycles. The smallest absolute Gasteiger partial charge is 0.273 e. The van der Waals surface area contributed by atoms with Gasteiger partial charge in [-0.25, -0.2) is 0 Å². The van der Waals surface area contributed by atoms with Crippen molar-refractivity contribution < 1.29 is 19.4 Å². The predicted octanol–water partition coefficient (Wildman–Crippen LogP) is 0.498. The van der Waals surface area contributed by atoms with Crippen LogP contribution in [0.25, 0.3) is 0 Å². The Morgan fingerprint density at radius 1 is 1.37 bits per heavy atom. The molecule has 0 saturated carbocycles. The van der Waals surface area contributed by atoms with Crippen LogP contribution in [0.15, 0.2) is 18.2 Å². The highest BCUT2D eigenvalue weighted by Crippen LogP contribution is 2.18. The average Bonchev–Trinajstić information content (AvgIpc) is 2.89. The lowest BCUT2D eigenvalue weighted by molar-refractivity contribution is -0.125. The third kappa shape index (κ3) is 3.23. The van der Waals surface area contributed by atoms with Crippen molar-refractivity contribution in [2.45, 2.75) is 13.3 Å². The van der Waals surface area contributed by atoms with Crippen LogP contribution in [-0.4, -0.2) is 30.1 Å². The lowest BCUT2D eigenvalue weighted by Crippen LogP contribution is -2.44. The number of rotatable bonds is 2. The van der Waals surface area contributed by atoms with Crippen LogP contribution in [0.1, 0.15) is 22.3 Å². The minimum atomic E-state index is -0.551. The molecule has 6 heteroatoms. The second-order valence-electron chi connectivity index (χ2n) is 4.52. The van der Waals surface area contributed by atoms with E-state index in [0.29, 0.717) is 19.6 Å². The molecular formula is C13H16N2O4. The van der Waals surface area contributed by atoms with E-state index in [2.05, 4.69) is 10.9 Å². The number of carbonyl (C=O) groups excluding carboxylic acids is 2. The normalized spacial score (nSPS) is 18.1. The summed E-state index contributed by atoms with van der Waals surface area (Å²) in [5, 5.41) is 9.64. The third-order valence-corrected chi connectivity index (χ3v) is 3.00. The molecule has 0 aromatic heterocycles. The standard InChI is InChI=1S/C13H16N2O4/c1-8-2-3-10(11(16)6-8)13(18)15-14-12(17)9-4-5-19-7-9/h2-3,6,9,16H,4-5,7H2,1H3,(H,14,17)(H,15,18). The Morgan fingerprint density at radius 3 is 2.79 bits per heavy atom. The fourth-order valence-electron chi connectivity index (χ4n) is 1.86. The van der Waals surface area contributed by atoms with E-state index in [1.165, 1.54) is 12.1 Å². The van der Waals surface area contributed by atoms with Gasteiger partial charge in [0.15, 0.2) is 0 Å². The second-order valence-corrected chi connectivity index (χ2v) is 4.52. The van der Waals surface area contributed by atoms with E-state index in [9.17, 15) is 14.7 Å². The number of phenolic OH excluding ortho intramolecular Hbond substituents is 1. The van der Waals surface area contributed by atoms with Gasteiger partial charge in [-0.05, 0) is 31.0 Å². The zero-order valence-electron chi connectivity index (χ0n) is 10.6. The number of hydrazine groups is 1. The fourth-order valence-corrected chi connectivity index (χ4v) is 1.86. The van der Waals surface area contributed by atoms with E-state index in [1.54, 1.807) is 6.07 Å². The molecule has 19 heavy (non-hydrogen) atoms. The lowest BCUT2D eigenvalue weighted by atomic mass is 10.1. The number of benzene rings is 1. The van der Waals surface area contributed by atoms with Gasteiger partial charge >= 0.3 is 0 Å². The Bertz CT molecular complexity index is 495. The first kappa shape index (κ1) is 13.4. The van der Waals surface area contributed by atoms with Gasteiger partial charge in [0, 0.05) is 6.61 Å². The topological polar surface area (TPSA) is 87.7 Å². The highest BCUT2D eigenvalue weighted by Gasteiger charge is 2.24. The molecule has 1 aliphatic rings. The zero-order valence-corrected chi connectivity index (χ0v) is 10.6. The summed E-state index contributed by atoms with van der Waals surface area (Å²) in [5.74, 6) is -1.18. The Labute approximate surface area is 110 Å². The van der Waals surface area contributed by atoms with Gasteiger partial charge in [0.05, 0.1) is 18.1 Å². The molecule has 1 heterocycles. The van der Waals surface area contributed by atoms with Crippen molar-refractivity contribution in [3.8, 4) is 5.75 Å². The summed E-state index contributed by atoms with van der Waals surface area (Å²) in [4.78, 5) is 23.4. The van der Waals surface area contributed by atoms with Crippen LogP contribution in [0, 0.1) is 12.8 Å². The molecule has 1 aliphatic heterocycles. The first-order chi connectivity index (χ1) is 9.08. The molecule has 1 aromatic rings. The molecule has 102 valence electrons. The molecule has 0 bridgehead atoms. The highest BCUT2D eigenvalue weighted by atomic mass is 16.5. The Balaban J connectivity index is 1.92. The summed E-state index contributed by atoms with van der Waals surface area (Å²) in [6.07, 6.45) is 0.650. The number of hydrogen-bond acceptors (Lipinski definition) is 4. The van der Waals surface area contributed by atoms with Gasteiger partial charge in [-0.3, -0.25) is 20.4 Å². The van der Waals surface area contributed by atoms with E-state index in [0.717, 1.165) is 5.56 Å². The molecular weight excluding hydrogens is 248 g/mol. The van der Waals surface area contributed by atoms with Crippen molar-refractivity contribution >= 4 is 11.8 Å². The molecule has 2 rings (SSSR count). The fraction of sp³-hybridized carbons (Fsp3) is 0.385. The minimum absolute atomic E-state index is 0.115. The first-order valence-electron chi connectivity index (χ1n) is 6.05. The van der Waals surface area contributed by atoms with Gasteiger partial charge < -0.3 is 9.84 Å². The van der Waals surface area contributed by atoms with E-state index in [4.69, 9.17) is 4.74 Å². The summed E-state index contributed by atoms with van der Waals surface area (Å²) in [7, 11) is 0. The van der Waals surface area contributed by atoms with Gasteiger partial charge in [0.1, 0.15) is 5.75 Å². The number of aryl methyl sites for hydroxylation is 1. The number of hydrogen-bond donors (Lipinski definition) is 3. The van der Waals surface area contributed by atoms with Crippen LogP contribution in [0.5, 0.6) is 5.75 Å². The highest BCUT2D eigenvalue weighted by molar-refractivity contribution is 5.97. The number of ether oxygens (including phenoxy) is 1. The van der Waals surface area contributed by atoms with E-state index >= 15 is 0 Å². The van der Waals surface area contributed by atoms with Crippen LogP contribution < -0.4 is 10.9 Å². The van der Waals surface area contributed by atoms with Crippen molar-refractivity contribution in [2.24, 2.45) is 5.92 Å². The maximum Gasteiger partial charge on any atom is 0.273 e. The molecule has 1 saturated heterocycles. The summed E-state index contributed by atoms with van der Waals surface area (Å²) in [6.45, 7) is 2.74. The van der Waals surface area contributed by atoms with E-state index in [-0.39, 0.29) is 23.1 Å². The van der Waals surface area contributed by atoms with Crippen molar-refractivity contribution in [1.82, 2.24) is 10.9 Å². The molecule has 1 unspecified atom stereocenters. The largest absolute Gasteiger partial charge is 0.507 e. The van der Waals surface area contributed by atoms with Crippen LogP contribution in [-0.2, 0) is 9.53 Å². The Hall–Kier alpha value is -2.08. The Morgan fingerprint density at radius 2 is 2.16 bits per heavy atom. The maximum atomic E-state index is 11.8. The average molecular weight is 264 g/mol. The van der Waals surface area contributed by atoms with Crippen LogP contribution in [0.3, 0.4) is 0 Å². The first-order valence-corrected chi connectivity index (χ1v) is 6.05. The number of aromatic hydroxyl groups is 1. The number of nitrogens with one attached hydrogen (secondary N) is 2. The minimum Gasteiger partial charge on any atom is -0.507 e. The quantitative estimate of drug-likeness (QED) is 0.679. The maximum absolute atomic E-state index is 11.8. The number of amides is 2. The lowest BCUT2D eigenvalue weighted by Gasteiger charge is -2.11. The molecule has 2 amide bonds. The second kappa shape index (κ2) is 5.71. The Kier molecular flexibility index (Phi) is 4.01. The van der Waals surface area contributed by atoms with E-state index in [1.807, 2.05) is 6.92 Å². The van der Waals surface area contributed by atoms with Gasteiger partial charge in [-0.15, -0.1) is 0 Å². The molecule has 0 spiro atoms. The summed E-state index contributed by atoms with van der Waals surface area (Å²) in [6, 6.07) is 4.70. The van der Waals surface area contributed by atoms with Gasteiger partial charge in [0.2, 0.25) is 5.91 Å². The van der Waals surface area contributed by atoms with Crippen molar-refractivity contribution in [3.63, 3.8) is 0 Å². The predicted molar refractivity (Wildman–Crippen MR) is 67.4 cm³/mol. The number of carbonyl (C=O) groups is 2. The summed E-state index contributed by atoms with van der Waals surface area (Å²) >= 11 is 0. The monoisotopic (exact) mass is 264 g/mol. The number of phenols is 1. The van der Waals surface area contributed by atoms with Crippen LogP contribution in [0.4, 0.5) is 0 Å². The van der Waals surface area contributed by atoms with Crippen LogP contribution in [0.2, 0.25) is 0 Å². The van der Waals surface area contributed by atoms with Crippen molar-refractivity contribution in [3.05, 3.63) is 29.3 Å². The van der Waals surface area contributed by atoms with Gasteiger partial charge in [-0.2, -0.15) is 0 Å². The summed E-state index contributed by atoms with van der Waals surface area (Å²) < 4.78 is 5.09. The van der Waals surface area contributed by atoms with Crippen LogP contribution >= 0.6 is 0 Å². The molecule has 6 nitrogen and oxygen atoms in total. The third-order valence-electron chi connectivity index (χ3n) is 3.00. The van der Waals surface area contributed by atoms with Gasteiger partial charge in [0.25, 0.3) is 5.91 Å². The van der Waals surface area contributed by atoms with Crippen molar-refractivity contribution in [2.75, 3.05) is 13.2 Å². The SMILES string of the molecule is Cc1ccc(C(=O)NNC(=O)C2CCOC2)c(O)c1. The molecule has 1 aromatic carbocycles. The molecule has 1 atom stereocenters. The van der Waals surface area contributed by atoms with Gasteiger partial charge in [-0.1, -0.05) is 6.07 Å². The molecule has 3 N–H and O–H groups in total. The van der Waals surface area contributed by atoms with E-state index < -0.39 is 5.91 Å².